The van der Waals surface area contributed by atoms with Crippen molar-refractivity contribution in [3.05, 3.63) is 120 Å². The van der Waals surface area contributed by atoms with E-state index >= 15 is 0 Å². The van der Waals surface area contributed by atoms with Crippen molar-refractivity contribution in [3.8, 4) is 16.9 Å². The van der Waals surface area contributed by atoms with Gasteiger partial charge in [-0.1, -0.05) is 67.0 Å². The number of benzene rings is 3. The fourth-order valence-electron chi connectivity index (χ4n) is 7.27. The number of hydrogen-bond donors (Lipinski definition) is 0. The Morgan fingerprint density at radius 2 is 1.62 bits per heavy atom. The monoisotopic (exact) mass is 842 g/mol. The number of aryl methyl sites for hydroxylation is 1. The number of pyridine rings is 2. The molecular weight excluding hydrogens is 793 g/mol. The summed E-state index contributed by atoms with van der Waals surface area (Å²) in [6.45, 7) is 4.45. The Labute approximate surface area is 316 Å². The molecule has 0 unspecified atom stereocenters. The van der Waals surface area contributed by atoms with E-state index < -0.39 is 18.6 Å². The predicted molar refractivity (Wildman–Crippen MR) is 197 cm³/mol. The second kappa shape index (κ2) is 14.2. The van der Waals surface area contributed by atoms with E-state index in [1.165, 1.54) is 12.3 Å². The molecule has 2 aliphatic rings. The Hall–Kier alpha value is -4.12. The molecule has 0 bridgehead atoms. The minimum Gasteiger partial charge on any atom is -0.520 e. The van der Waals surface area contributed by atoms with Crippen LogP contribution < -0.4 is 4.57 Å². The Balaban J connectivity index is 0.000000231. The van der Waals surface area contributed by atoms with Crippen LogP contribution in [0.1, 0.15) is 108 Å². The Morgan fingerprint density at radius 1 is 0.860 bits per heavy atom. The molecule has 4 heterocycles. The largest absolute Gasteiger partial charge is 3.00 e. The van der Waals surface area contributed by atoms with Gasteiger partial charge in [-0.2, -0.15) is 18.2 Å². The average molecular weight is 842 g/mol. The minimum atomic E-state index is -2.09. The van der Waals surface area contributed by atoms with Crippen LogP contribution in [0.4, 0.5) is 0 Å². The number of fused-ring (bicyclic) bond motifs is 4. The fraction of sp³-hybridized carbons (Fsp3) is 0.341. The van der Waals surface area contributed by atoms with Crippen LogP contribution in [0.25, 0.3) is 49.9 Å². The van der Waals surface area contributed by atoms with Crippen LogP contribution in [0.5, 0.6) is 0 Å². The standard InChI is InChI=1S/C32H34N3O.C12H10N.Ir/c1-32(2,3)35-20-34(26-16-8-9-17-27(26)35)28-18-10-15-23-24-19-25(21-11-4-5-12-21)33-29(22-13-6-7-14-22)31(24)36-30(23)28;1-10-7-8-13-12(9-10)11-5-3-2-4-6-11;/h8-10,15-17,19,21-22H,4-7,11-14H2,1-3H3;2-5,7-9H,1H3;/q2*-1;+3/i21D,22D;1D3;. The molecule has 0 radical (unpaired) electrons. The third-order valence-corrected chi connectivity index (χ3v) is 9.71. The zero-order valence-corrected chi connectivity index (χ0v) is 31.2. The maximum atomic E-state index is 9.40. The first-order chi connectivity index (χ1) is 25.8. The summed E-state index contributed by atoms with van der Waals surface area (Å²) in [5.41, 5.74) is 7.47. The van der Waals surface area contributed by atoms with Gasteiger partial charge in [0.1, 0.15) is 5.58 Å². The second-order valence-electron chi connectivity index (χ2n) is 14.2. The zero-order valence-electron chi connectivity index (χ0n) is 33.8. The molecule has 0 amide bonds. The molecule has 7 aromatic rings. The van der Waals surface area contributed by atoms with Gasteiger partial charge < -0.3 is 18.5 Å². The number of para-hydroxylation sites is 2. The van der Waals surface area contributed by atoms with Gasteiger partial charge in [0, 0.05) is 41.5 Å². The summed E-state index contributed by atoms with van der Waals surface area (Å²) in [5.74, 6) is -1.46. The number of imidazole rings is 1. The quantitative estimate of drug-likeness (QED) is 0.131. The Morgan fingerprint density at radius 3 is 2.36 bits per heavy atom. The van der Waals surface area contributed by atoms with Crippen LogP contribution in [0.15, 0.2) is 89.5 Å². The predicted octanol–water partition coefficient (Wildman–Crippen LogP) is 10.7. The van der Waals surface area contributed by atoms with Gasteiger partial charge in [-0.15, -0.1) is 35.9 Å². The molecule has 0 N–H and O–H groups in total. The summed E-state index contributed by atoms with van der Waals surface area (Å²) < 4.78 is 51.6. The van der Waals surface area contributed by atoms with E-state index in [4.69, 9.17) is 13.5 Å². The first kappa shape index (κ1) is 28.6. The normalized spacial score (nSPS) is 18.4. The molecule has 0 aliphatic heterocycles. The number of aromatic nitrogens is 4. The topological polar surface area (TPSA) is 47.7 Å². The van der Waals surface area contributed by atoms with Crippen LogP contribution in [0.3, 0.4) is 0 Å². The number of furan rings is 1. The van der Waals surface area contributed by atoms with Gasteiger partial charge in [0.25, 0.3) is 0 Å². The van der Waals surface area contributed by atoms with E-state index in [0.717, 1.165) is 95.7 Å². The molecule has 2 fully saturated rings. The fourth-order valence-corrected chi connectivity index (χ4v) is 7.27. The maximum absolute atomic E-state index is 9.40. The molecule has 0 saturated heterocycles. The van der Waals surface area contributed by atoms with Crippen molar-refractivity contribution in [2.24, 2.45) is 0 Å². The van der Waals surface area contributed by atoms with Gasteiger partial charge in [0.15, 0.2) is 0 Å². The first-order valence-electron chi connectivity index (χ1n) is 19.9. The van der Waals surface area contributed by atoms with Gasteiger partial charge in [-0.05, 0) is 76.8 Å². The van der Waals surface area contributed by atoms with Crippen LogP contribution >= 0.6 is 0 Å². The molecular formula is C44H44IrN4O+. The van der Waals surface area contributed by atoms with E-state index in [0.29, 0.717) is 22.5 Å². The van der Waals surface area contributed by atoms with Crippen LogP contribution in [-0.2, 0) is 25.6 Å². The maximum Gasteiger partial charge on any atom is 3.00 e. The van der Waals surface area contributed by atoms with Crippen molar-refractivity contribution in [1.82, 2.24) is 14.5 Å². The van der Waals surface area contributed by atoms with Crippen LogP contribution in [0.2, 0.25) is 0 Å². The van der Waals surface area contributed by atoms with Gasteiger partial charge in [0.2, 0.25) is 6.33 Å². The molecule has 3 aromatic carbocycles. The van der Waals surface area contributed by atoms with E-state index in [2.05, 4.69) is 79.1 Å². The average Bonchev–Trinajstić information content (AvgIpc) is 3.97. The van der Waals surface area contributed by atoms with Crippen LogP contribution in [0, 0.1) is 25.3 Å². The molecule has 5 nitrogen and oxygen atoms in total. The third kappa shape index (κ3) is 6.56. The summed E-state index contributed by atoms with van der Waals surface area (Å²) in [5, 5.41) is 1.95. The van der Waals surface area contributed by atoms with Crippen molar-refractivity contribution in [2.45, 2.75) is 96.3 Å². The molecule has 254 valence electrons. The van der Waals surface area contributed by atoms with Gasteiger partial charge in [-0.3, -0.25) is 4.98 Å². The van der Waals surface area contributed by atoms with Crippen LogP contribution in [-0.4, -0.2) is 14.5 Å². The smallest absolute Gasteiger partial charge is 0.520 e. The van der Waals surface area contributed by atoms with Gasteiger partial charge >= 0.3 is 20.1 Å². The minimum absolute atomic E-state index is 0. The number of nitrogens with zero attached hydrogens (tertiary/aromatic N) is 4. The molecule has 9 rings (SSSR count). The number of hydrogen-bond acceptors (Lipinski definition) is 3. The summed E-state index contributed by atoms with van der Waals surface area (Å²) in [6, 6.07) is 31.3. The summed E-state index contributed by atoms with van der Waals surface area (Å²) >= 11 is 0. The SMILES string of the molecule is [2H]C([2H])([2H])c1ccnc(-c2[c-]cccc2)c1.[2H]C1(c2cc3c(oc4c(-n5[c-][n+](C(C)(C)C)c6ccccc65)[c-]ccc43)c(C3([2H])CCCC3)n2)CCCC1.[Ir+3]. The van der Waals surface area contributed by atoms with Gasteiger partial charge in [0.05, 0.1) is 22.3 Å². The third-order valence-electron chi connectivity index (χ3n) is 9.71. The molecule has 4 aromatic heterocycles. The molecule has 6 heteroatoms. The Bertz CT molecular complexity index is 2470. The van der Waals surface area contributed by atoms with E-state index in [-0.39, 0.29) is 25.6 Å². The molecule has 50 heavy (non-hydrogen) atoms. The Kier molecular flexibility index (Phi) is 8.14. The molecule has 0 spiro atoms. The van der Waals surface area contributed by atoms with Gasteiger partial charge in [-0.25, -0.2) is 0 Å². The van der Waals surface area contributed by atoms with Crippen molar-refractivity contribution >= 4 is 33.0 Å². The summed E-state index contributed by atoms with van der Waals surface area (Å²) in [7, 11) is 0. The van der Waals surface area contributed by atoms with Crippen molar-refractivity contribution in [3.63, 3.8) is 0 Å². The number of rotatable bonds is 4. The zero-order chi connectivity index (χ0) is 37.9. The first-order valence-corrected chi connectivity index (χ1v) is 17.4. The molecule has 0 atom stereocenters. The second-order valence-corrected chi connectivity index (χ2v) is 14.2. The van der Waals surface area contributed by atoms with E-state index in [9.17, 15) is 2.74 Å². The molecule has 2 saturated carbocycles. The van der Waals surface area contributed by atoms with E-state index in [1.807, 2.05) is 34.9 Å². The van der Waals surface area contributed by atoms with E-state index in [1.54, 1.807) is 12.1 Å². The van der Waals surface area contributed by atoms with Crippen molar-refractivity contribution in [1.29, 1.82) is 0 Å². The summed E-state index contributed by atoms with van der Waals surface area (Å²) in [6.07, 6.45) is 12.5. The van der Waals surface area contributed by atoms with Crippen molar-refractivity contribution < 1.29 is 35.9 Å². The summed E-state index contributed by atoms with van der Waals surface area (Å²) in [4.78, 5) is 9.24. The molecule has 2 aliphatic carbocycles. The van der Waals surface area contributed by atoms with Crippen molar-refractivity contribution in [2.75, 3.05) is 0 Å².